The summed E-state index contributed by atoms with van der Waals surface area (Å²) in [6.07, 6.45) is 4.56. The van der Waals surface area contributed by atoms with Gasteiger partial charge >= 0.3 is 7.12 Å². The highest BCUT2D eigenvalue weighted by molar-refractivity contribution is 7.23. The second kappa shape index (κ2) is 8.58. The third-order valence-electron chi connectivity index (χ3n) is 4.92. The Kier molecular flexibility index (Phi) is 7.09. The summed E-state index contributed by atoms with van der Waals surface area (Å²) < 4.78 is 13.5. The lowest BCUT2D eigenvalue weighted by atomic mass is 9.87. The summed E-state index contributed by atoms with van der Waals surface area (Å²) in [6, 6.07) is 2.12. The van der Waals surface area contributed by atoms with E-state index in [1.807, 2.05) is 0 Å². The Morgan fingerprint density at radius 1 is 1.04 bits per heavy atom. The molecule has 1 aromatic heterocycles. The zero-order valence-electron chi connectivity index (χ0n) is 18.2. The SMILES string of the molecule is CCCCCC#Cc1sc(B2OC(C)(C)C(C)(C)O2)cc1C#C[Si](C)(C)C. The fraction of sp³-hybridized carbons (Fsp3) is 0.636. The number of unbranched alkanes of at least 4 members (excludes halogenated alkanes) is 3. The maximum atomic E-state index is 6.22. The fourth-order valence-electron chi connectivity index (χ4n) is 2.53. The summed E-state index contributed by atoms with van der Waals surface area (Å²) in [6.45, 7) is 17.3. The van der Waals surface area contributed by atoms with E-state index in [1.165, 1.54) is 12.8 Å². The van der Waals surface area contributed by atoms with Crippen LogP contribution in [0.15, 0.2) is 6.07 Å². The molecule has 2 nitrogen and oxygen atoms in total. The van der Waals surface area contributed by atoms with Gasteiger partial charge < -0.3 is 9.31 Å². The van der Waals surface area contributed by atoms with E-state index in [9.17, 15) is 0 Å². The van der Waals surface area contributed by atoms with Crippen molar-refractivity contribution in [2.45, 2.75) is 91.1 Å². The first-order valence-corrected chi connectivity index (χ1v) is 14.3. The Balaban J connectivity index is 2.31. The van der Waals surface area contributed by atoms with E-state index in [-0.39, 0.29) is 18.3 Å². The average molecular weight is 400 g/mol. The predicted octanol–water partition coefficient (Wildman–Crippen LogP) is 5.21. The minimum absolute atomic E-state index is 0.335. The molecule has 2 rings (SSSR count). The molecule has 0 unspecified atom stereocenters. The van der Waals surface area contributed by atoms with Crippen molar-refractivity contribution in [2.24, 2.45) is 0 Å². The molecule has 0 aromatic carbocycles. The monoisotopic (exact) mass is 400 g/mol. The highest BCUT2D eigenvalue weighted by Crippen LogP contribution is 2.37. The maximum absolute atomic E-state index is 6.22. The van der Waals surface area contributed by atoms with Crippen LogP contribution >= 0.6 is 11.3 Å². The van der Waals surface area contributed by atoms with Gasteiger partial charge in [-0.3, -0.25) is 0 Å². The molecule has 1 saturated heterocycles. The Morgan fingerprint density at radius 2 is 1.67 bits per heavy atom. The summed E-state index contributed by atoms with van der Waals surface area (Å²) in [5.74, 6) is 10.1. The molecule has 0 spiro atoms. The highest BCUT2D eigenvalue weighted by atomic mass is 32.1. The molecule has 27 heavy (non-hydrogen) atoms. The Morgan fingerprint density at radius 3 is 2.22 bits per heavy atom. The zero-order valence-corrected chi connectivity index (χ0v) is 20.0. The molecule has 0 aliphatic carbocycles. The van der Waals surface area contributed by atoms with Gasteiger partial charge in [-0.2, -0.15) is 0 Å². The van der Waals surface area contributed by atoms with Gasteiger partial charge in [-0.05, 0) is 40.2 Å². The molecule has 0 radical (unpaired) electrons. The van der Waals surface area contributed by atoms with Crippen molar-refractivity contribution < 1.29 is 9.31 Å². The van der Waals surface area contributed by atoms with Gasteiger partial charge in [0.05, 0.1) is 21.6 Å². The molecule has 0 amide bonds. The van der Waals surface area contributed by atoms with Crippen molar-refractivity contribution in [1.29, 1.82) is 0 Å². The van der Waals surface area contributed by atoms with Crippen LogP contribution in [0.2, 0.25) is 19.6 Å². The van der Waals surface area contributed by atoms with E-state index in [4.69, 9.17) is 9.31 Å². The van der Waals surface area contributed by atoms with Crippen molar-refractivity contribution in [3.05, 3.63) is 16.5 Å². The van der Waals surface area contributed by atoms with Gasteiger partial charge in [0, 0.05) is 11.2 Å². The van der Waals surface area contributed by atoms with Crippen LogP contribution < -0.4 is 4.78 Å². The van der Waals surface area contributed by atoms with Crippen molar-refractivity contribution in [2.75, 3.05) is 0 Å². The number of hydrogen-bond acceptors (Lipinski definition) is 3. The van der Waals surface area contributed by atoms with Crippen molar-refractivity contribution >= 4 is 31.3 Å². The topological polar surface area (TPSA) is 18.5 Å². The van der Waals surface area contributed by atoms with Crippen molar-refractivity contribution in [3.8, 4) is 23.3 Å². The molecule has 146 valence electrons. The Labute approximate surface area is 171 Å². The van der Waals surface area contributed by atoms with Gasteiger partial charge in [-0.15, -0.1) is 16.9 Å². The lowest BCUT2D eigenvalue weighted by molar-refractivity contribution is 0.00578. The first-order chi connectivity index (χ1) is 12.5. The van der Waals surface area contributed by atoms with Gasteiger partial charge in [0.25, 0.3) is 0 Å². The standard InChI is InChI=1S/C22H33BO2SSi/c1-9-10-11-12-13-14-19-18(15-16-27(6,7)8)17-20(26-19)23-24-21(2,3)22(4,5)25-23/h17H,9-12H2,1-8H3. The molecule has 1 aliphatic heterocycles. The quantitative estimate of drug-likeness (QED) is 0.393. The van der Waals surface area contributed by atoms with Gasteiger partial charge in [-0.1, -0.05) is 57.2 Å². The van der Waals surface area contributed by atoms with Crippen LogP contribution in [-0.2, 0) is 9.31 Å². The minimum Gasteiger partial charge on any atom is -0.399 e. The van der Waals surface area contributed by atoms with Crippen LogP contribution in [0.3, 0.4) is 0 Å². The van der Waals surface area contributed by atoms with E-state index in [0.29, 0.717) is 0 Å². The molecule has 2 heterocycles. The third-order valence-corrected chi connectivity index (χ3v) is 6.86. The lowest BCUT2D eigenvalue weighted by Crippen LogP contribution is -2.41. The number of rotatable bonds is 4. The average Bonchev–Trinajstić information content (AvgIpc) is 3.03. The van der Waals surface area contributed by atoms with Crippen molar-refractivity contribution in [1.82, 2.24) is 0 Å². The summed E-state index contributed by atoms with van der Waals surface area (Å²) >= 11 is 1.66. The van der Waals surface area contributed by atoms with Crippen LogP contribution in [0.4, 0.5) is 0 Å². The lowest BCUT2D eigenvalue weighted by Gasteiger charge is -2.32. The molecule has 0 saturated carbocycles. The summed E-state index contributed by atoms with van der Waals surface area (Å²) in [4.78, 5) is 1.04. The first-order valence-electron chi connectivity index (χ1n) is 9.96. The molecular weight excluding hydrogens is 367 g/mol. The number of thiophene rings is 1. The number of hydrogen-bond donors (Lipinski definition) is 0. The summed E-state index contributed by atoms with van der Waals surface area (Å²) in [5.41, 5.74) is 3.82. The molecule has 0 N–H and O–H groups in total. The van der Waals surface area contributed by atoms with Crippen LogP contribution in [0.5, 0.6) is 0 Å². The van der Waals surface area contributed by atoms with E-state index < -0.39 is 8.07 Å². The third kappa shape index (κ3) is 6.00. The van der Waals surface area contributed by atoms with Crippen molar-refractivity contribution in [3.63, 3.8) is 0 Å². The van der Waals surface area contributed by atoms with E-state index in [1.54, 1.807) is 11.3 Å². The normalized spacial score (nSPS) is 17.9. The molecule has 1 aliphatic rings. The Bertz CT molecular complexity index is 765. The Hall–Kier alpha value is -0.978. The first kappa shape index (κ1) is 22.3. The van der Waals surface area contributed by atoms with Gasteiger partial charge in [-0.25, -0.2) is 0 Å². The van der Waals surface area contributed by atoms with Crippen LogP contribution in [0.1, 0.15) is 70.7 Å². The second-order valence-corrected chi connectivity index (χ2v) is 15.1. The summed E-state index contributed by atoms with van der Waals surface area (Å²) in [5, 5.41) is 0. The molecular formula is C22H33BO2SSi. The fourth-order valence-corrected chi connectivity index (χ4v) is 3.99. The van der Waals surface area contributed by atoms with Gasteiger partial charge in [0.15, 0.2) is 0 Å². The zero-order chi connectivity index (χ0) is 20.3. The molecule has 0 bridgehead atoms. The summed E-state index contributed by atoms with van der Waals surface area (Å²) in [7, 11) is -1.79. The maximum Gasteiger partial charge on any atom is 0.505 e. The van der Waals surface area contributed by atoms with E-state index >= 15 is 0 Å². The van der Waals surface area contributed by atoms with Gasteiger partial charge in [0.1, 0.15) is 8.07 Å². The second-order valence-electron chi connectivity index (χ2n) is 9.24. The van der Waals surface area contributed by atoms with Gasteiger partial charge in [0.2, 0.25) is 0 Å². The minimum atomic E-state index is -1.45. The van der Waals surface area contributed by atoms with Crippen LogP contribution in [0, 0.1) is 23.3 Å². The highest BCUT2D eigenvalue weighted by Gasteiger charge is 2.52. The smallest absolute Gasteiger partial charge is 0.399 e. The van der Waals surface area contributed by atoms with E-state index in [2.05, 4.69) is 83.6 Å². The molecule has 0 atom stereocenters. The van der Waals surface area contributed by atoms with Crippen LogP contribution in [0.25, 0.3) is 0 Å². The molecule has 5 heteroatoms. The van der Waals surface area contributed by atoms with Crippen LogP contribution in [-0.4, -0.2) is 26.4 Å². The van der Waals surface area contributed by atoms with E-state index in [0.717, 1.165) is 28.1 Å². The largest absolute Gasteiger partial charge is 0.505 e. The molecule has 1 fully saturated rings. The molecule has 1 aromatic rings. The predicted molar refractivity (Wildman–Crippen MR) is 121 cm³/mol.